The summed E-state index contributed by atoms with van der Waals surface area (Å²) in [6.07, 6.45) is 5.05. The zero-order chi connectivity index (χ0) is 21.2. The van der Waals surface area contributed by atoms with Crippen molar-refractivity contribution in [1.82, 2.24) is 14.4 Å². The molecule has 0 aliphatic carbocycles. The number of aliphatic hydroxyl groups is 1. The van der Waals surface area contributed by atoms with Crippen molar-refractivity contribution in [2.24, 2.45) is 0 Å². The van der Waals surface area contributed by atoms with E-state index in [2.05, 4.69) is 27.0 Å². The number of aliphatic hydroxyl groups excluding tert-OH is 1. The standard InChI is InChI=1S/C24H34FN3O2/c1-2-3-9-24(29)20-27(12-11-26-13-15-30-16-14-26)19-23-8-5-10-28(23)18-21-6-4-7-22(25)17-21/h2,4-8,10,17,24,29H,1,3,9,11-16,18-20H2/t24-/m0/s1. The van der Waals surface area contributed by atoms with Gasteiger partial charge in [0.2, 0.25) is 0 Å². The van der Waals surface area contributed by atoms with Crippen LogP contribution in [0.25, 0.3) is 0 Å². The Morgan fingerprint density at radius 1 is 1.23 bits per heavy atom. The van der Waals surface area contributed by atoms with Crippen molar-refractivity contribution < 1.29 is 14.2 Å². The monoisotopic (exact) mass is 415 g/mol. The maximum absolute atomic E-state index is 13.6. The van der Waals surface area contributed by atoms with Crippen molar-refractivity contribution in [1.29, 1.82) is 0 Å². The number of allylic oxidation sites excluding steroid dienone is 1. The van der Waals surface area contributed by atoms with Gasteiger partial charge in [-0.2, -0.15) is 0 Å². The third-order valence-electron chi connectivity index (χ3n) is 5.56. The minimum atomic E-state index is -0.376. The molecular formula is C24H34FN3O2. The predicted octanol–water partition coefficient (Wildman–Crippen LogP) is 3.14. The molecular weight excluding hydrogens is 381 g/mol. The van der Waals surface area contributed by atoms with E-state index in [4.69, 9.17) is 4.74 Å². The van der Waals surface area contributed by atoms with Gasteiger partial charge in [0.05, 0.1) is 19.3 Å². The molecule has 164 valence electrons. The molecule has 1 fully saturated rings. The number of hydrogen-bond donors (Lipinski definition) is 1. The minimum Gasteiger partial charge on any atom is -0.392 e. The third-order valence-corrected chi connectivity index (χ3v) is 5.56. The summed E-state index contributed by atoms with van der Waals surface area (Å²) in [4.78, 5) is 4.74. The molecule has 0 saturated carbocycles. The van der Waals surface area contributed by atoms with Gasteiger partial charge in [-0.25, -0.2) is 4.39 Å². The van der Waals surface area contributed by atoms with Gasteiger partial charge in [-0.05, 0) is 42.7 Å². The van der Waals surface area contributed by atoms with Crippen LogP contribution in [0.3, 0.4) is 0 Å². The van der Waals surface area contributed by atoms with Crippen LogP contribution in [0.5, 0.6) is 0 Å². The molecule has 0 bridgehead atoms. The normalized spacial score (nSPS) is 16.1. The highest BCUT2D eigenvalue weighted by Crippen LogP contribution is 2.13. The van der Waals surface area contributed by atoms with E-state index < -0.39 is 0 Å². The highest BCUT2D eigenvalue weighted by atomic mass is 19.1. The summed E-state index contributed by atoms with van der Waals surface area (Å²) in [5, 5.41) is 10.5. The van der Waals surface area contributed by atoms with Gasteiger partial charge in [-0.15, -0.1) is 6.58 Å². The summed E-state index contributed by atoms with van der Waals surface area (Å²) in [5.41, 5.74) is 2.11. The van der Waals surface area contributed by atoms with E-state index in [1.54, 1.807) is 12.1 Å². The molecule has 1 saturated heterocycles. The number of nitrogens with zero attached hydrogens (tertiary/aromatic N) is 3. The Labute approximate surface area is 179 Å². The molecule has 0 spiro atoms. The number of ether oxygens (including phenoxy) is 1. The van der Waals surface area contributed by atoms with Crippen LogP contribution in [0, 0.1) is 5.82 Å². The molecule has 0 radical (unpaired) electrons. The quantitative estimate of drug-likeness (QED) is 0.541. The molecule has 1 aliphatic rings. The summed E-state index contributed by atoms with van der Waals surface area (Å²) in [7, 11) is 0. The van der Waals surface area contributed by atoms with Crippen LogP contribution in [-0.4, -0.2) is 71.5 Å². The summed E-state index contributed by atoms with van der Waals surface area (Å²) < 4.78 is 21.2. The first-order valence-electron chi connectivity index (χ1n) is 10.8. The lowest BCUT2D eigenvalue weighted by Gasteiger charge is -2.31. The van der Waals surface area contributed by atoms with Crippen LogP contribution in [0.4, 0.5) is 4.39 Å². The molecule has 3 rings (SSSR count). The predicted molar refractivity (Wildman–Crippen MR) is 118 cm³/mol. The van der Waals surface area contributed by atoms with Crippen molar-refractivity contribution in [2.75, 3.05) is 45.9 Å². The lowest BCUT2D eigenvalue weighted by Crippen LogP contribution is -2.43. The number of hydrogen-bond acceptors (Lipinski definition) is 4. The largest absolute Gasteiger partial charge is 0.392 e. The van der Waals surface area contributed by atoms with Gasteiger partial charge in [0.25, 0.3) is 0 Å². The second-order valence-electron chi connectivity index (χ2n) is 7.97. The van der Waals surface area contributed by atoms with Crippen LogP contribution in [-0.2, 0) is 17.8 Å². The van der Waals surface area contributed by atoms with Crippen molar-refractivity contribution in [3.63, 3.8) is 0 Å². The molecule has 2 heterocycles. The molecule has 30 heavy (non-hydrogen) atoms. The minimum absolute atomic E-state index is 0.210. The van der Waals surface area contributed by atoms with Gasteiger partial charge in [0.15, 0.2) is 0 Å². The maximum Gasteiger partial charge on any atom is 0.123 e. The molecule has 2 aromatic rings. The van der Waals surface area contributed by atoms with E-state index >= 15 is 0 Å². The lowest BCUT2D eigenvalue weighted by atomic mass is 10.1. The Bertz CT molecular complexity index is 773. The fraction of sp³-hybridized carbons (Fsp3) is 0.500. The van der Waals surface area contributed by atoms with E-state index in [9.17, 15) is 9.50 Å². The Morgan fingerprint density at radius 3 is 2.83 bits per heavy atom. The molecule has 1 N–H and O–H groups in total. The summed E-state index contributed by atoms with van der Waals surface area (Å²) in [5.74, 6) is -0.210. The molecule has 1 atom stereocenters. The Hall–Kier alpha value is -1.99. The zero-order valence-corrected chi connectivity index (χ0v) is 17.8. The number of morpholine rings is 1. The van der Waals surface area contributed by atoms with Crippen LogP contribution in [0.1, 0.15) is 24.1 Å². The highest BCUT2D eigenvalue weighted by molar-refractivity contribution is 5.19. The zero-order valence-electron chi connectivity index (χ0n) is 17.8. The SMILES string of the molecule is C=CCC[C@H](O)CN(CCN1CCOCC1)Cc1cccn1Cc1cccc(F)c1. The van der Waals surface area contributed by atoms with Gasteiger partial charge < -0.3 is 14.4 Å². The molecule has 6 heteroatoms. The summed E-state index contributed by atoms with van der Waals surface area (Å²) in [6.45, 7) is 11.1. The van der Waals surface area contributed by atoms with Crippen molar-refractivity contribution >= 4 is 0 Å². The first-order chi connectivity index (χ1) is 14.6. The van der Waals surface area contributed by atoms with E-state index in [-0.39, 0.29) is 11.9 Å². The third kappa shape index (κ3) is 7.36. The van der Waals surface area contributed by atoms with Crippen molar-refractivity contribution in [2.45, 2.75) is 32.0 Å². The van der Waals surface area contributed by atoms with Crippen molar-refractivity contribution in [3.05, 3.63) is 72.3 Å². The summed E-state index contributed by atoms with van der Waals surface area (Å²) in [6, 6.07) is 10.9. The smallest absolute Gasteiger partial charge is 0.123 e. The fourth-order valence-electron chi connectivity index (χ4n) is 3.85. The van der Waals surface area contributed by atoms with Gasteiger partial charge in [0, 0.05) is 57.7 Å². The Morgan fingerprint density at radius 2 is 2.07 bits per heavy atom. The van der Waals surface area contributed by atoms with Crippen molar-refractivity contribution in [3.8, 4) is 0 Å². The Balaban J connectivity index is 1.63. The molecule has 1 aliphatic heterocycles. The topological polar surface area (TPSA) is 40.9 Å². The first kappa shape index (κ1) is 22.7. The number of aromatic nitrogens is 1. The number of benzene rings is 1. The highest BCUT2D eigenvalue weighted by Gasteiger charge is 2.17. The molecule has 5 nitrogen and oxygen atoms in total. The molecule has 0 amide bonds. The average molecular weight is 416 g/mol. The molecule has 1 aromatic carbocycles. The van der Waals surface area contributed by atoms with Crippen LogP contribution >= 0.6 is 0 Å². The van der Waals surface area contributed by atoms with Gasteiger partial charge in [-0.3, -0.25) is 9.80 Å². The number of halogens is 1. The summed E-state index contributed by atoms with van der Waals surface area (Å²) >= 11 is 0. The number of rotatable bonds is 12. The van der Waals surface area contributed by atoms with E-state index in [1.807, 2.05) is 24.4 Å². The van der Waals surface area contributed by atoms with Crippen LogP contribution in [0.2, 0.25) is 0 Å². The maximum atomic E-state index is 13.6. The van der Waals surface area contributed by atoms with Gasteiger partial charge >= 0.3 is 0 Å². The second kappa shape index (κ2) is 12.0. The fourth-order valence-corrected chi connectivity index (χ4v) is 3.85. The van der Waals surface area contributed by atoms with E-state index in [0.29, 0.717) is 13.1 Å². The van der Waals surface area contributed by atoms with Gasteiger partial charge in [-0.1, -0.05) is 18.2 Å². The van der Waals surface area contributed by atoms with Crippen LogP contribution < -0.4 is 0 Å². The average Bonchev–Trinajstić information content (AvgIpc) is 3.17. The lowest BCUT2D eigenvalue weighted by molar-refractivity contribution is 0.0286. The van der Waals surface area contributed by atoms with E-state index in [0.717, 1.165) is 70.0 Å². The molecule has 1 aromatic heterocycles. The van der Waals surface area contributed by atoms with E-state index in [1.165, 1.54) is 6.07 Å². The van der Waals surface area contributed by atoms with Crippen LogP contribution in [0.15, 0.2) is 55.3 Å². The second-order valence-corrected chi connectivity index (χ2v) is 7.97. The molecule has 0 unspecified atom stereocenters. The van der Waals surface area contributed by atoms with Gasteiger partial charge in [0.1, 0.15) is 5.82 Å². The first-order valence-corrected chi connectivity index (χ1v) is 10.8. The Kier molecular flexibility index (Phi) is 9.08.